The predicted octanol–water partition coefficient (Wildman–Crippen LogP) is 3.21. The predicted molar refractivity (Wildman–Crippen MR) is 82.1 cm³/mol. The lowest BCUT2D eigenvalue weighted by molar-refractivity contribution is 0.0735. The number of hydrogen-bond acceptors (Lipinski definition) is 2. The fourth-order valence-corrected chi connectivity index (χ4v) is 3.53. The minimum Gasteiger partial charge on any atom is -0.329 e. The van der Waals surface area contributed by atoms with Gasteiger partial charge in [0.2, 0.25) is 0 Å². The maximum atomic E-state index is 13.4. The van der Waals surface area contributed by atoms with Crippen molar-refractivity contribution in [3.8, 4) is 0 Å². The lowest BCUT2D eigenvalue weighted by atomic mass is 9.88. The molecule has 1 saturated heterocycles. The highest BCUT2D eigenvalue weighted by Crippen LogP contribution is 2.32. The highest BCUT2D eigenvalue weighted by Gasteiger charge is 2.39. The number of likely N-dealkylation sites (tertiary alicyclic amines) is 1. The third-order valence-electron chi connectivity index (χ3n) is 4.68. The molecule has 0 radical (unpaired) electrons. The first-order valence-corrected chi connectivity index (χ1v) is 7.67. The zero-order chi connectivity index (χ0) is 14.8. The van der Waals surface area contributed by atoms with Crippen molar-refractivity contribution >= 4 is 0 Å². The highest BCUT2D eigenvalue weighted by molar-refractivity contribution is 5.19. The van der Waals surface area contributed by atoms with Crippen LogP contribution >= 0.6 is 0 Å². The second-order valence-electron chi connectivity index (χ2n) is 6.65. The van der Waals surface area contributed by atoms with Crippen LogP contribution in [-0.2, 0) is 6.42 Å². The summed E-state index contributed by atoms with van der Waals surface area (Å²) in [6.45, 7) is 8.49. The maximum Gasteiger partial charge on any atom is 0.123 e. The van der Waals surface area contributed by atoms with Gasteiger partial charge in [-0.25, -0.2) is 4.39 Å². The molecule has 1 heterocycles. The molecule has 2 N–H and O–H groups in total. The van der Waals surface area contributed by atoms with Crippen LogP contribution in [0.25, 0.3) is 0 Å². The summed E-state index contributed by atoms with van der Waals surface area (Å²) in [7, 11) is 0. The summed E-state index contributed by atoms with van der Waals surface area (Å²) in [4.78, 5) is 2.56. The molecule has 0 spiro atoms. The Morgan fingerprint density at radius 2 is 2.20 bits per heavy atom. The lowest BCUT2D eigenvalue weighted by Gasteiger charge is -2.43. The van der Waals surface area contributed by atoms with Crippen LogP contribution in [0.5, 0.6) is 0 Å². The Balaban J connectivity index is 2.20. The first-order valence-electron chi connectivity index (χ1n) is 7.67. The zero-order valence-electron chi connectivity index (χ0n) is 12.9. The Morgan fingerprint density at radius 1 is 1.45 bits per heavy atom. The van der Waals surface area contributed by atoms with Gasteiger partial charge in [-0.2, -0.15) is 0 Å². The second kappa shape index (κ2) is 6.23. The van der Waals surface area contributed by atoms with Gasteiger partial charge in [0, 0.05) is 18.1 Å². The van der Waals surface area contributed by atoms with Gasteiger partial charge in [-0.3, -0.25) is 4.90 Å². The van der Waals surface area contributed by atoms with Crippen molar-refractivity contribution in [3.63, 3.8) is 0 Å². The van der Waals surface area contributed by atoms with Gasteiger partial charge in [0.1, 0.15) is 5.82 Å². The molecule has 0 bridgehead atoms. The minimum atomic E-state index is -0.163. The third-order valence-corrected chi connectivity index (χ3v) is 4.68. The molecule has 1 aromatic carbocycles. The first-order chi connectivity index (χ1) is 9.46. The number of benzene rings is 1. The van der Waals surface area contributed by atoms with Gasteiger partial charge in [-0.15, -0.1) is 0 Å². The summed E-state index contributed by atoms with van der Waals surface area (Å²) in [5.41, 5.74) is 7.05. The van der Waals surface area contributed by atoms with Gasteiger partial charge in [0.15, 0.2) is 0 Å². The molecule has 2 unspecified atom stereocenters. The quantitative estimate of drug-likeness (QED) is 0.896. The summed E-state index contributed by atoms with van der Waals surface area (Å²) in [6.07, 6.45) is 3.29. The normalized spacial score (nSPS) is 23.2. The summed E-state index contributed by atoms with van der Waals surface area (Å²) in [5, 5.41) is 0. The molecule has 0 aliphatic carbocycles. The van der Waals surface area contributed by atoms with Crippen LogP contribution in [-0.4, -0.2) is 29.6 Å². The topological polar surface area (TPSA) is 29.3 Å². The van der Waals surface area contributed by atoms with Crippen LogP contribution in [0.1, 0.15) is 39.2 Å². The van der Waals surface area contributed by atoms with E-state index >= 15 is 0 Å². The Bertz CT molecular complexity index is 446. The molecule has 2 rings (SSSR count). The smallest absolute Gasteiger partial charge is 0.123 e. The largest absolute Gasteiger partial charge is 0.329 e. The number of nitrogens with zero attached hydrogens (tertiary/aromatic N) is 1. The van der Waals surface area contributed by atoms with Gasteiger partial charge in [0.25, 0.3) is 0 Å². The van der Waals surface area contributed by atoms with Gasteiger partial charge in [-0.1, -0.05) is 26.0 Å². The number of nitrogens with two attached hydrogens (primary N) is 1. The van der Waals surface area contributed by atoms with E-state index in [0.29, 0.717) is 18.5 Å². The monoisotopic (exact) mass is 278 g/mol. The van der Waals surface area contributed by atoms with Crippen molar-refractivity contribution in [2.24, 2.45) is 11.7 Å². The van der Waals surface area contributed by atoms with E-state index in [2.05, 4.69) is 25.7 Å². The molecule has 20 heavy (non-hydrogen) atoms. The van der Waals surface area contributed by atoms with E-state index < -0.39 is 0 Å². The van der Waals surface area contributed by atoms with E-state index in [0.717, 1.165) is 18.5 Å². The lowest BCUT2D eigenvalue weighted by Crippen LogP contribution is -2.56. The van der Waals surface area contributed by atoms with Crippen molar-refractivity contribution in [2.75, 3.05) is 13.1 Å². The van der Waals surface area contributed by atoms with Crippen molar-refractivity contribution in [2.45, 2.75) is 51.6 Å². The Hall–Kier alpha value is -0.930. The second-order valence-corrected chi connectivity index (χ2v) is 6.65. The first kappa shape index (κ1) is 15.5. The Kier molecular flexibility index (Phi) is 4.82. The van der Waals surface area contributed by atoms with E-state index in [1.807, 2.05) is 6.07 Å². The van der Waals surface area contributed by atoms with Crippen molar-refractivity contribution < 1.29 is 4.39 Å². The number of halogens is 1. The summed E-state index contributed by atoms with van der Waals surface area (Å²) >= 11 is 0. The highest BCUT2D eigenvalue weighted by atomic mass is 19.1. The molecular formula is C17H27FN2. The number of rotatable bonds is 5. The number of hydrogen-bond donors (Lipinski definition) is 1. The molecule has 2 nitrogen and oxygen atoms in total. The molecule has 2 atom stereocenters. The van der Waals surface area contributed by atoms with Crippen LogP contribution in [0.4, 0.5) is 4.39 Å². The summed E-state index contributed by atoms with van der Waals surface area (Å²) < 4.78 is 13.4. The van der Waals surface area contributed by atoms with Crippen molar-refractivity contribution in [1.29, 1.82) is 0 Å². The van der Waals surface area contributed by atoms with Gasteiger partial charge >= 0.3 is 0 Å². The summed E-state index contributed by atoms with van der Waals surface area (Å²) in [6, 6.07) is 7.50. The molecule has 1 fully saturated rings. The van der Waals surface area contributed by atoms with E-state index in [1.54, 1.807) is 12.1 Å². The van der Waals surface area contributed by atoms with Crippen molar-refractivity contribution in [1.82, 2.24) is 4.90 Å². The molecule has 3 heteroatoms. The minimum absolute atomic E-state index is 0.0841. The third kappa shape index (κ3) is 3.21. The van der Waals surface area contributed by atoms with Gasteiger partial charge < -0.3 is 5.73 Å². The van der Waals surface area contributed by atoms with E-state index in [1.165, 1.54) is 18.9 Å². The van der Waals surface area contributed by atoms with Crippen LogP contribution in [0.2, 0.25) is 0 Å². The molecule has 1 aliphatic rings. The molecule has 1 aromatic rings. The Labute approximate surface area is 122 Å². The maximum absolute atomic E-state index is 13.4. The van der Waals surface area contributed by atoms with E-state index in [9.17, 15) is 4.39 Å². The van der Waals surface area contributed by atoms with Crippen LogP contribution in [0.15, 0.2) is 24.3 Å². The molecule has 112 valence electrons. The molecule has 1 aliphatic heterocycles. The van der Waals surface area contributed by atoms with Gasteiger partial charge in [0.05, 0.1) is 0 Å². The zero-order valence-corrected chi connectivity index (χ0v) is 12.9. The van der Waals surface area contributed by atoms with Crippen molar-refractivity contribution in [3.05, 3.63) is 35.6 Å². The Morgan fingerprint density at radius 3 is 2.80 bits per heavy atom. The van der Waals surface area contributed by atoms with E-state index in [-0.39, 0.29) is 11.4 Å². The van der Waals surface area contributed by atoms with E-state index in [4.69, 9.17) is 5.73 Å². The van der Waals surface area contributed by atoms with Crippen LogP contribution in [0.3, 0.4) is 0 Å². The average Bonchev–Trinajstić information content (AvgIpc) is 2.88. The molecular weight excluding hydrogens is 251 g/mol. The standard InChI is InChI=1S/C17H27FN2/c1-13(2)16-8-5-9-20(16)17(3,12-19)11-14-6-4-7-15(18)10-14/h4,6-7,10,13,16H,5,8-9,11-12,19H2,1-3H3. The van der Waals surface area contributed by atoms with Gasteiger partial charge in [-0.05, 0) is 56.3 Å². The fourth-order valence-electron chi connectivity index (χ4n) is 3.53. The fraction of sp³-hybridized carbons (Fsp3) is 0.647. The van der Waals surface area contributed by atoms with Crippen LogP contribution < -0.4 is 5.73 Å². The molecule has 0 aromatic heterocycles. The summed E-state index contributed by atoms with van der Waals surface area (Å²) in [5.74, 6) is 0.472. The van der Waals surface area contributed by atoms with Crippen LogP contribution in [0, 0.1) is 11.7 Å². The average molecular weight is 278 g/mol. The SMILES string of the molecule is CC(C)C1CCCN1C(C)(CN)Cc1cccc(F)c1. The molecule has 0 amide bonds. The molecule has 0 saturated carbocycles.